The average molecular weight is 635 g/mol. The molecule has 1 fully saturated rings. The summed E-state index contributed by atoms with van der Waals surface area (Å²) in [6.45, 7) is 6.75. The van der Waals surface area contributed by atoms with Gasteiger partial charge in [-0.2, -0.15) is 18.4 Å². The number of likely N-dealkylation sites (tertiary alicyclic amines) is 1. The predicted molar refractivity (Wildman–Crippen MR) is 172 cm³/mol. The highest BCUT2D eigenvalue weighted by Gasteiger charge is 2.36. The van der Waals surface area contributed by atoms with Gasteiger partial charge in [-0.25, -0.2) is 0 Å². The molecule has 2 aromatic carbocycles. The molecule has 2 heterocycles. The van der Waals surface area contributed by atoms with Gasteiger partial charge in [0.15, 0.2) is 0 Å². The first kappa shape index (κ1) is 34.7. The van der Waals surface area contributed by atoms with Crippen LogP contribution in [0.5, 0.6) is 5.75 Å². The molecular formula is C36H41F3N4O3. The number of piperidine rings is 1. The summed E-state index contributed by atoms with van der Waals surface area (Å²) < 4.78 is 55.5. The fourth-order valence-electron chi connectivity index (χ4n) is 5.49. The van der Waals surface area contributed by atoms with Gasteiger partial charge in [0.05, 0.1) is 23.4 Å². The van der Waals surface area contributed by atoms with Gasteiger partial charge in [-0.05, 0) is 94.9 Å². The lowest BCUT2D eigenvalue weighted by molar-refractivity contribution is -0.163. The van der Waals surface area contributed by atoms with Crippen LogP contribution in [0, 0.1) is 11.3 Å². The molecule has 1 saturated heterocycles. The first-order valence-corrected chi connectivity index (χ1v) is 15.6. The Morgan fingerprint density at radius 2 is 1.87 bits per heavy atom. The summed E-state index contributed by atoms with van der Waals surface area (Å²) in [5.74, 6) is -0.0866. The zero-order valence-electron chi connectivity index (χ0n) is 26.6. The number of benzene rings is 2. The van der Waals surface area contributed by atoms with Crippen molar-refractivity contribution in [1.29, 1.82) is 5.26 Å². The first-order valence-electron chi connectivity index (χ1n) is 15.6. The summed E-state index contributed by atoms with van der Waals surface area (Å²) in [5, 5.41) is 9.97. The van der Waals surface area contributed by atoms with Crippen LogP contribution in [0.25, 0.3) is 23.3 Å². The zero-order chi connectivity index (χ0) is 33.3. The molecule has 1 aliphatic heterocycles. The van der Waals surface area contributed by atoms with Crippen LogP contribution in [0.1, 0.15) is 80.8 Å². The number of unbranched alkanes of at least 4 members (excludes halogenated alkanes) is 1. The lowest BCUT2D eigenvalue weighted by atomic mass is 9.97. The van der Waals surface area contributed by atoms with Crippen LogP contribution in [-0.4, -0.2) is 47.2 Å². The molecule has 46 heavy (non-hydrogen) atoms. The van der Waals surface area contributed by atoms with E-state index in [2.05, 4.69) is 11.1 Å². The minimum Gasteiger partial charge on any atom is -0.493 e. The molecule has 0 saturated carbocycles. The van der Waals surface area contributed by atoms with E-state index in [1.165, 1.54) is 24.4 Å². The Morgan fingerprint density at radius 1 is 1.11 bits per heavy atom. The molecule has 0 bridgehead atoms. The number of rotatable bonds is 11. The number of nitrogens with two attached hydrogens (primary N) is 1. The van der Waals surface area contributed by atoms with Gasteiger partial charge >= 0.3 is 12.1 Å². The molecule has 0 unspecified atom stereocenters. The molecule has 1 atom stereocenters. The number of hydrogen-bond donors (Lipinski definition) is 1. The second kappa shape index (κ2) is 15.4. The molecular weight excluding hydrogens is 593 g/mol. The van der Waals surface area contributed by atoms with Crippen LogP contribution < -0.4 is 10.5 Å². The van der Waals surface area contributed by atoms with E-state index in [0.29, 0.717) is 49.2 Å². The number of ether oxygens (including phenoxy) is 2. The number of pyridine rings is 1. The van der Waals surface area contributed by atoms with Crippen LogP contribution in [-0.2, 0) is 22.3 Å². The number of halogens is 3. The van der Waals surface area contributed by atoms with E-state index in [-0.39, 0.29) is 35.9 Å². The van der Waals surface area contributed by atoms with Crippen molar-refractivity contribution in [2.45, 2.75) is 77.2 Å². The fraction of sp³-hybridized carbons (Fsp3) is 0.417. The molecule has 2 N–H and O–H groups in total. The molecule has 3 aromatic rings. The summed E-state index contributed by atoms with van der Waals surface area (Å²) in [7, 11) is 0. The van der Waals surface area contributed by atoms with Gasteiger partial charge in [0, 0.05) is 23.9 Å². The number of aromatic nitrogens is 1. The van der Waals surface area contributed by atoms with Gasteiger partial charge in [0.25, 0.3) is 0 Å². The van der Waals surface area contributed by atoms with Crippen molar-refractivity contribution in [1.82, 2.24) is 9.88 Å². The number of hydrogen-bond acceptors (Lipinski definition) is 7. The average Bonchev–Trinajstić information content (AvgIpc) is 3.01. The maximum Gasteiger partial charge on any atom is 0.417 e. The molecule has 0 spiro atoms. The largest absolute Gasteiger partial charge is 0.493 e. The molecule has 4 rings (SSSR count). The van der Waals surface area contributed by atoms with Crippen LogP contribution in [0.2, 0.25) is 0 Å². The summed E-state index contributed by atoms with van der Waals surface area (Å²) in [6.07, 6.45) is 3.13. The molecule has 1 aliphatic rings. The summed E-state index contributed by atoms with van der Waals surface area (Å²) in [6, 6.07) is 15.1. The molecule has 0 amide bonds. The Labute approximate surface area is 268 Å². The maximum absolute atomic E-state index is 14.6. The third-order valence-corrected chi connectivity index (χ3v) is 7.66. The van der Waals surface area contributed by atoms with Crippen molar-refractivity contribution in [2.24, 2.45) is 5.73 Å². The normalized spacial score (nSPS) is 15.9. The number of alkyl halides is 3. The SMILES string of the molecule is CC(C)(C)OC(=O)[C@@H]1CCCCN1Cc1cc(C(F)(F)F)c(/C=C/c2nccc(-c3ccccc3)c2C#N)cc1OCCCCN. The van der Waals surface area contributed by atoms with E-state index in [1.807, 2.05) is 35.2 Å². The van der Waals surface area contributed by atoms with Crippen molar-refractivity contribution in [3.63, 3.8) is 0 Å². The molecule has 7 nitrogen and oxygen atoms in total. The Kier molecular flexibility index (Phi) is 11.6. The molecule has 0 radical (unpaired) electrons. The summed E-state index contributed by atoms with van der Waals surface area (Å²) in [4.78, 5) is 19.3. The highest BCUT2D eigenvalue weighted by atomic mass is 19.4. The number of nitriles is 1. The smallest absolute Gasteiger partial charge is 0.417 e. The van der Waals surface area contributed by atoms with E-state index in [0.717, 1.165) is 24.5 Å². The van der Waals surface area contributed by atoms with Gasteiger partial charge in [-0.15, -0.1) is 0 Å². The van der Waals surface area contributed by atoms with Crippen LogP contribution in [0.3, 0.4) is 0 Å². The van der Waals surface area contributed by atoms with Gasteiger partial charge in [-0.3, -0.25) is 14.7 Å². The third-order valence-electron chi connectivity index (χ3n) is 7.66. The Morgan fingerprint density at radius 3 is 2.54 bits per heavy atom. The van der Waals surface area contributed by atoms with Gasteiger partial charge in [-0.1, -0.05) is 42.8 Å². The highest BCUT2D eigenvalue weighted by molar-refractivity contribution is 5.79. The van der Waals surface area contributed by atoms with E-state index >= 15 is 0 Å². The number of nitrogens with zero attached hydrogens (tertiary/aromatic N) is 3. The lowest BCUT2D eigenvalue weighted by Gasteiger charge is -2.36. The molecule has 1 aromatic heterocycles. The molecule has 244 valence electrons. The van der Waals surface area contributed by atoms with Crippen LogP contribution in [0.4, 0.5) is 13.2 Å². The number of carbonyl (C=O) groups excluding carboxylic acids is 1. The van der Waals surface area contributed by atoms with E-state index in [4.69, 9.17) is 15.2 Å². The quantitative estimate of drug-likeness (QED) is 0.171. The number of carbonyl (C=O) groups is 1. The van der Waals surface area contributed by atoms with Crippen molar-refractivity contribution in [3.05, 3.63) is 82.7 Å². The number of esters is 1. The van der Waals surface area contributed by atoms with E-state index in [1.54, 1.807) is 26.8 Å². The van der Waals surface area contributed by atoms with Gasteiger partial charge < -0.3 is 15.2 Å². The monoisotopic (exact) mass is 634 g/mol. The topological polar surface area (TPSA) is 101 Å². The molecule has 10 heteroatoms. The Bertz CT molecular complexity index is 1560. The van der Waals surface area contributed by atoms with E-state index < -0.39 is 23.4 Å². The molecule has 0 aliphatic carbocycles. The lowest BCUT2D eigenvalue weighted by Crippen LogP contribution is -2.46. The highest BCUT2D eigenvalue weighted by Crippen LogP contribution is 2.38. The third kappa shape index (κ3) is 9.18. The Balaban J connectivity index is 1.75. The van der Waals surface area contributed by atoms with Crippen molar-refractivity contribution in [3.8, 4) is 22.9 Å². The van der Waals surface area contributed by atoms with Crippen LogP contribution >= 0.6 is 0 Å². The minimum absolute atomic E-state index is 0.0858. The minimum atomic E-state index is -4.68. The fourth-order valence-corrected chi connectivity index (χ4v) is 5.49. The zero-order valence-corrected chi connectivity index (χ0v) is 26.6. The van der Waals surface area contributed by atoms with Gasteiger partial charge in [0.1, 0.15) is 23.5 Å². The standard InChI is InChI=1S/C36H41F3N4O3/c1-35(2,3)46-34(44)32-13-7-9-19-43(32)24-27-21-30(36(37,38)39)26(22-33(27)45-20-10-8-17-40)14-15-31-29(23-41)28(16-18-42-31)25-11-5-4-6-12-25/h4-6,11-12,14-16,18,21-22,32H,7-10,13,17,19-20,24,40H2,1-3H3/b15-14+/t32-/m0/s1. The maximum atomic E-state index is 14.6. The predicted octanol–water partition coefficient (Wildman–Crippen LogP) is 7.62. The van der Waals surface area contributed by atoms with Crippen molar-refractivity contribution >= 4 is 18.1 Å². The van der Waals surface area contributed by atoms with Crippen molar-refractivity contribution < 1.29 is 27.4 Å². The second-order valence-corrected chi connectivity index (χ2v) is 12.3. The van der Waals surface area contributed by atoms with Crippen LogP contribution in [0.15, 0.2) is 54.7 Å². The summed E-state index contributed by atoms with van der Waals surface area (Å²) >= 11 is 0. The Hall–Kier alpha value is -4.20. The summed E-state index contributed by atoms with van der Waals surface area (Å²) in [5.41, 5.74) is 6.25. The first-order chi connectivity index (χ1) is 21.9. The van der Waals surface area contributed by atoms with Crippen molar-refractivity contribution in [2.75, 3.05) is 19.7 Å². The van der Waals surface area contributed by atoms with Gasteiger partial charge in [0.2, 0.25) is 0 Å². The van der Waals surface area contributed by atoms with E-state index in [9.17, 15) is 23.2 Å². The second-order valence-electron chi connectivity index (χ2n) is 12.3.